The summed E-state index contributed by atoms with van der Waals surface area (Å²) < 4.78 is 10.2. The van der Waals surface area contributed by atoms with Crippen molar-refractivity contribution in [1.82, 2.24) is 0 Å². The Morgan fingerprint density at radius 2 is 2.35 bits per heavy atom. The number of hydrogen-bond acceptors (Lipinski definition) is 4. The minimum atomic E-state index is -0.938. The fourth-order valence-corrected chi connectivity index (χ4v) is 2.41. The lowest BCUT2D eigenvalue weighted by molar-refractivity contribution is 0.0597. The minimum absolute atomic E-state index is 0.322. The van der Waals surface area contributed by atoms with Gasteiger partial charge < -0.3 is 9.15 Å². The molecule has 0 N–H and O–H groups in total. The van der Waals surface area contributed by atoms with Crippen molar-refractivity contribution in [1.29, 1.82) is 5.26 Å². The van der Waals surface area contributed by atoms with Crippen molar-refractivity contribution in [2.45, 2.75) is 31.1 Å². The van der Waals surface area contributed by atoms with Gasteiger partial charge in [0, 0.05) is 18.4 Å². The molecule has 0 bridgehead atoms. The summed E-state index contributed by atoms with van der Waals surface area (Å²) in [5, 5.41) is 9.04. The van der Waals surface area contributed by atoms with E-state index in [2.05, 4.69) is 6.07 Å². The van der Waals surface area contributed by atoms with Crippen molar-refractivity contribution in [3.8, 4) is 6.07 Å². The third-order valence-electron chi connectivity index (χ3n) is 3.06. The average molecular weight is 254 g/mol. The molecule has 17 heavy (non-hydrogen) atoms. The highest BCUT2D eigenvalue weighted by molar-refractivity contribution is 6.26. The number of fused-ring (bicyclic) bond motifs is 1. The SMILES string of the molecule is COC(=O)c1c(C)oc2c1CC(Cl)(C#N)CC2. The number of carbonyl (C=O) groups is 1. The lowest BCUT2D eigenvalue weighted by Gasteiger charge is -2.23. The highest BCUT2D eigenvalue weighted by atomic mass is 35.5. The van der Waals surface area contributed by atoms with Crippen LogP contribution in [0.15, 0.2) is 4.42 Å². The highest BCUT2D eigenvalue weighted by Crippen LogP contribution is 2.37. The monoisotopic (exact) mass is 253 g/mol. The maximum Gasteiger partial charge on any atom is 0.341 e. The van der Waals surface area contributed by atoms with E-state index < -0.39 is 10.8 Å². The van der Waals surface area contributed by atoms with Crippen molar-refractivity contribution < 1.29 is 13.9 Å². The van der Waals surface area contributed by atoms with Gasteiger partial charge in [0.1, 0.15) is 22.0 Å². The van der Waals surface area contributed by atoms with Gasteiger partial charge in [-0.2, -0.15) is 5.26 Å². The molecule has 1 aliphatic rings. The predicted molar refractivity (Wildman–Crippen MR) is 61.0 cm³/mol. The Balaban J connectivity index is 2.49. The first kappa shape index (κ1) is 12.0. The summed E-state index contributed by atoms with van der Waals surface area (Å²) in [6.07, 6.45) is 1.43. The zero-order valence-corrected chi connectivity index (χ0v) is 10.4. The summed E-state index contributed by atoms with van der Waals surface area (Å²) in [4.78, 5) is 10.7. The van der Waals surface area contributed by atoms with Gasteiger partial charge >= 0.3 is 5.97 Å². The van der Waals surface area contributed by atoms with Crippen LogP contribution in [0.25, 0.3) is 0 Å². The number of rotatable bonds is 1. The number of hydrogen-bond donors (Lipinski definition) is 0. The van der Waals surface area contributed by atoms with Crippen LogP contribution in [0.5, 0.6) is 0 Å². The van der Waals surface area contributed by atoms with E-state index in [0.29, 0.717) is 30.6 Å². The van der Waals surface area contributed by atoms with E-state index in [0.717, 1.165) is 11.3 Å². The van der Waals surface area contributed by atoms with E-state index in [9.17, 15) is 4.79 Å². The van der Waals surface area contributed by atoms with Crippen LogP contribution >= 0.6 is 11.6 Å². The Kier molecular flexibility index (Phi) is 2.88. The number of carbonyl (C=O) groups excluding carboxylic acids is 1. The molecule has 1 unspecified atom stereocenters. The van der Waals surface area contributed by atoms with E-state index in [1.807, 2.05) is 0 Å². The Labute approximate surface area is 104 Å². The molecule has 0 radical (unpaired) electrons. The highest BCUT2D eigenvalue weighted by Gasteiger charge is 2.38. The molecule has 1 heterocycles. The Hall–Kier alpha value is -1.47. The molecule has 0 spiro atoms. The van der Waals surface area contributed by atoms with Crippen molar-refractivity contribution in [2.24, 2.45) is 0 Å². The first-order valence-corrected chi connectivity index (χ1v) is 5.68. The predicted octanol–water partition coefficient (Wildman–Crippen LogP) is 2.36. The molecule has 4 nitrogen and oxygen atoms in total. The van der Waals surface area contributed by atoms with E-state index >= 15 is 0 Å². The molecule has 1 atom stereocenters. The van der Waals surface area contributed by atoms with E-state index in [1.54, 1.807) is 6.92 Å². The smallest absolute Gasteiger partial charge is 0.341 e. The summed E-state index contributed by atoms with van der Waals surface area (Å²) in [5.74, 6) is 0.835. The molecular weight excluding hydrogens is 242 g/mol. The van der Waals surface area contributed by atoms with Crippen LogP contribution in [0.2, 0.25) is 0 Å². The lowest BCUT2D eigenvalue weighted by atomic mass is 9.86. The molecule has 0 aromatic carbocycles. The van der Waals surface area contributed by atoms with Crippen LogP contribution in [0.4, 0.5) is 0 Å². The molecule has 0 saturated carbocycles. The fraction of sp³-hybridized carbons (Fsp3) is 0.500. The van der Waals surface area contributed by atoms with Crippen molar-refractivity contribution >= 4 is 17.6 Å². The molecular formula is C12H12ClNO3. The molecule has 1 aliphatic carbocycles. The van der Waals surface area contributed by atoms with Crippen molar-refractivity contribution in [2.75, 3.05) is 7.11 Å². The molecule has 0 aliphatic heterocycles. The van der Waals surface area contributed by atoms with Crippen LogP contribution in [-0.4, -0.2) is 18.0 Å². The van der Waals surface area contributed by atoms with Gasteiger partial charge in [-0.1, -0.05) is 0 Å². The summed E-state index contributed by atoms with van der Waals surface area (Å²) in [5.41, 5.74) is 1.14. The maximum atomic E-state index is 11.7. The molecule has 0 fully saturated rings. The van der Waals surface area contributed by atoms with Gasteiger partial charge in [0.25, 0.3) is 0 Å². The molecule has 1 aromatic rings. The van der Waals surface area contributed by atoms with Crippen molar-refractivity contribution in [3.05, 3.63) is 22.6 Å². The number of ether oxygens (including phenoxy) is 1. The van der Waals surface area contributed by atoms with Gasteiger partial charge in [-0.05, 0) is 13.3 Å². The second-order valence-corrected chi connectivity index (χ2v) is 4.90. The van der Waals surface area contributed by atoms with E-state index in [4.69, 9.17) is 26.0 Å². The standard InChI is InChI=1S/C12H12ClNO3/c1-7-10(11(15)16-2)8-5-12(13,6-14)4-3-9(8)17-7/h3-5H2,1-2H3. The third kappa shape index (κ3) is 1.91. The molecule has 5 heteroatoms. The van der Waals surface area contributed by atoms with Crippen LogP contribution in [-0.2, 0) is 17.6 Å². The first-order chi connectivity index (χ1) is 8.00. The summed E-state index contributed by atoms with van der Waals surface area (Å²) in [7, 11) is 1.32. The molecule has 0 amide bonds. The molecule has 1 aromatic heterocycles. The van der Waals surface area contributed by atoms with Crippen molar-refractivity contribution in [3.63, 3.8) is 0 Å². The second kappa shape index (κ2) is 4.08. The number of methoxy groups -OCH3 is 1. The van der Waals surface area contributed by atoms with Gasteiger partial charge in [0.05, 0.1) is 13.2 Å². The first-order valence-electron chi connectivity index (χ1n) is 5.30. The van der Waals surface area contributed by atoms with Gasteiger partial charge in [0.2, 0.25) is 0 Å². The third-order valence-corrected chi connectivity index (χ3v) is 3.47. The number of furan rings is 1. The number of nitrogens with zero attached hydrogens (tertiary/aromatic N) is 1. The lowest BCUT2D eigenvalue weighted by Crippen LogP contribution is -2.28. The van der Waals surface area contributed by atoms with Gasteiger partial charge in [-0.3, -0.25) is 0 Å². The topological polar surface area (TPSA) is 63.2 Å². The fourth-order valence-electron chi connectivity index (χ4n) is 2.18. The minimum Gasteiger partial charge on any atom is -0.465 e. The number of esters is 1. The molecule has 0 saturated heterocycles. The van der Waals surface area contributed by atoms with Crippen LogP contribution in [0, 0.1) is 18.3 Å². The van der Waals surface area contributed by atoms with Gasteiger partial charge in [-0.15, -0.1) is 11.6 Å². The summed E-state index contributed by atoms with van der Waals surface area (Å²) in [6.45, 7) is 1.72. The number of nitriles is 1. The Bertz CT molecular complexity index is 515. The number of halogens is 1. The van der Waals surface area contributed by atoms with Gasteiger partial charge in [-0.25, -0.2) is 4.79 Å². The number of alkyl halides is 1. The summed E-state index contributed by atoms with van der Waals surface area (Å²) in [6, 6.07) is 2.09. The zero-order chi connectivity index (χ0) is 12.6. The molecule has 2 rings (SSSR count). The molecule has 90 valence electrons. The Morgan fingerprint density at radius 3 is 2.94 bits per heavy atom. The van der Waals surface area contributed by atoms with Crippen LogP contribution in [0.1, 0.15) is 33.9 Å². The van der Waals surface area contributed by atoms with Gasteiger partial charge in [0.15, 0.2) is 0 Å². The Morgan fingerprint density at radius 1 is 1.65 bits per heavy atom. The zero-order valence-electron chi connectivity index (χ0n) is 9.67. The van der Waals surface area contributed by atoms with E-state index in [-0.39, 0.29) is 0 Å². The second-order valence-electron chi connectivity index (χ2n) is 4.18. The normalized spacial score (nSPS) is 22.7. The summed E-state index contributed by atoms with van der Waals surface area (Å²) >= 11 is 6.16. The van der Waals surface area contributed by atoms with Crippen LogP contribution in [0.3, 0.4) is 0 Å². The average Bonchev–Trinajstić information content (AvgIpc) is 2.63. The van der Waals surface area contributed by atoms with Crippen LogP contribution < -0.4 is 0 Å². The number of aryl methyl sites for hydroxylation is 2. The quantitative estimate of drug-likeness (QED) is 0.569. The maximum absolute atomic E-state index is 11.7. The van der Waals surface area contributed by atoms with E-state index in [1.165, 1.54) is 7.11 Å². The largest absolute Gasteiger partial charge is 0.465 e.